The van der Waals surface area contributed by atoms with Gasteiger partial charge in [-0.15, -0.1) is 0 Å². The molecule has 0 saturated carbocycles. The van der Waals surface area contributed by atoms with Crippen LogP contribution in [-0.4, -0.2) is 27.7 Å². The third-order valence-electron chi connectivity index (χ3n) is 4.45. The van der Waals surface area contributed by atoms with Gasteiger partial charge in [0.05, 0.1) is 27.8 Å². The Kier molecular flexibility index (Phi) is 5.54. The van der Waals surface area contributed by atoms with E-state index in [1.807, 2.05) is 6.07 Å². The molecule has 30 heavy (non-hydrogen) atoms. The molecule has 0 atom stereocenters. The lowest BCUT2D eigenvalue weighted by Gasteiger charge is -2.06. The maximum Gasteiger partial charge on any atom is 0.250 e. The van der Waals surface area contributed by atoms with Crippen LogP contribution in [0, 0.1) is 0 Å². The molecular formula is C21H20N6O3. The molecule has 2 heterocycles. The van der Waals surface area contributed by atoms with Gasteiger partial charge in [-0.3, -0.25) is 14.4 Å². The fourth-order valence-electron chi connectivity index (χ4n) is 3.04. The molecule has 0 unspecified atom stereocenters. The average molecular weight is 404 g/mol. The highest BCUT2D eigenvalue weighted by Gasteiger charge is 2.11. The number of primary amides is 2. The summed E-state index contributed by atoms with van der Waals surface area (Å²) in [6.45, 7) is 3.38. The Bertz CT molecular complexity index is 1280. The summed E-state index contributed by atoms with van der Waals surface area (Å²) in [6, 6.07) is 10.1. The van der Waals surface area contributed by atoms with E-state index in [-0.39, 0.29) is 5.91 Å². The number of aromatic nitrogens is 2. The SMILES string of the molecule is C=CC(=O)Nc1ccc(C(N)=O)c2[nH]ccc12.NC(=O)c1ccc(N)c2cc[nH]c12. The maximum absolute atomic E-state index is 11.2. The Labute approximate surface area is 170 Å². The number of fused-ring (bicyclic) bond motifs is 2. The van der Waals surface area contributed by atoms with Crippen LogP contribution >= 0.6 is 0 Å². The summed E-state index contributed by atoms with van der Waals surface area (Å²) >= 11 is 0. The first-order valence-corrected chi connectivity index (χ1v) is 8.82. The minimum atomic E-state index is -0.515. The lowest BCUT2D eigenvalue weighted by Crippen LogP contribution is -2.12. The van der Waals surface area contributed by atoms with Gasteiger partial charge in [-0.25, -0.2) is 0 Å². The molecule has 0 aliphatic heterocycles. The third-order valence-corrected chi connectivity index (χ3v) is 4.45. The topological polar surface area (TPSA) is 173 Å². The van der Waals surface area contributed by atoms with Crippen molar-refractivity contribution >= 4 is 50.9 Å². The predicted molar refractivity (Wildman–Crippen MR) is 117 cm³/mol. The molecule has 152 valence electrons. The normalized spacial score (nSPS) is 10.3. The van der Waals surface area contributed by atoms with Crippen molar-refractivity contribution in [1.29, 1.82) is 0 Å². The van der Waals surface area contributed by atoms with Crippen LogP contribution < -0.4 is 22.5 Å². The second-order valence-electron chi connectivity index (χ2n) is 6.32. The highest BCUT2D eigenvalue weighted by atomic mass is 16.2. The molecule has 9 nitrogen and oxygen atoms in total. The molecule has 0 bridgehead atoms. The number of benzene rings is 2. The van der Waals surface area contributed by atoms with E-state index in [1.165, 1.54) is 6.08 Å². The van der Waals surface area contributed by atoms with Gasteiger partial charge >= 0.3 is 0 Å². The zero-order chi connectivity index (χ0) is 21.8. The molecule has 0 aliphatic rings. The zero-order valence-electron chi connectivity index (χ0n) is 15.9. The van der Waals surface area contributed by atoms with Crippen molar-refractivity contribution in [2.45, 2.75) is 0 Å². The number of nitrogens with two attached hydrogens (primary N) is 3. The summed E-state index contributed by atoms with van der Waals surface area (Å²) in [4.78, 5) is 39.3. The predicted octanol–water partition coefficient (Wildman–Crippen LogP) is 2.24. The van der Waals surface area contributed by atoms with E-state index in [9.17, 15) is 14.4 Å². The van der Waals surface area contributed by atoms with Crippen LogP contribution in [0.2, 0.25) is 0 Å². The van der Waals surface area contributed by atoms with Crippen LogP contribution in [0.25, 0.3) is 21.8 Å². The number of hydrogen-bond acceptors (Lipinski definition) is 4. The Morgan fingerprint density at radius 1 is 0.833 bits per heavy atom. The number of H-pyrrole nitrogens is 2. The quantitative estimate of drug-likeness (QED) is 0.226. The molecule has 0 fully saturated rings. The van der Waals surface area contributed by atoms with Crippen molar-refractivity contribution in [2.24, 2.45) is 11.5 Å². The van der Waals surface area contributed by atoms with Crippen molar-refractivity contribution in [2.75, 3.05) is 11.1 Å². The number of anilines is 2. The first-order chi connectivity index (χ1) is 14.3. The lowest BCUT2D eigenvalue weighted by atomic mass is 10.1. The van der Waals surface area contributed by atoms with Crippen LogP contribution in [0.1, 0.15) is 20.7 Å². The van der Waals surface area contributed by atoms with E-state index >= 15 is 0 Å². The Balaban J connectivity index is 0.000000177. The number of carbonyl (C=O) groups excluding carboxylic acids is 3. The summed E-state index contributed by atoms with van der Waals surface area (Å²) in [6.07, 6.45) is 4.59. The number of aromatic amines is 2. The van der Waals surface area contributed by atoms with Crippen molar-refractivity contribution in [3.8, 4) is 0 Å². The van der Waals surface area contributed by atoms with Gasteiger partial charge in [0.25, 0.3) is 11.8 Å². The number of nitrogens with one attached hydrogen (secondary N) is 3. The van der Waals surface area contributed by atoms with Gasteiger partial charge in [0.1, 0.15) is 0 Å². The molecule has 2 aromatic carbocycles. The summed E-state index contributed by atoms with van der Waals surface area (Å²) in [5.41, 5.74) is 19.6. The molecule has 4 rings (SSSR count). The van der Waals surface area contributed by atoms with E-state index < -0.39 is 11.8 Å². The van der Waals surface area contributed by atoms with E-state index in [1.54, 1.807) is 42.7 Å². The number of rotatable bonds is 4. The maximum atomic E-state index is 11.2. The third kappa shape index (κ3) is 3.85. The van der Waals surface area contributed by atoms with Gasteiger partial charge in [-0.2, -0.15) is 0 Å². The number of nitrogen functional groups attached to an aromatic ring is 1. The van der Waals surface area contributed by atoms with Crippen molar-refractivity contribution in [1.82, 2.24) is 9.97 Å². The smallest absolute Gasteiger partial charge is 0.250 e. The fraction of sp³-hybridized carbons (Fsp3) is 0. The number of hydrogen-bond donors (Lipinski definition) is 6. The van der Waals surface area contributed by atoms with E-state index in [2.05, 4.69) is 21.9 Å². The molecule has 0 aliphatic carbocycles. The van der Waals surface area contributed by atoms with E-state index in [0.717, 1.165) is 10.8 Å². The average Bonchev–Trinajstić information content (AvgIpc) is 3.38. The van der Waals surface area contributed by atoms with Crippen LogP contribution in [0.4, 0.5) is 11.4 Å². The molecule has 9 heteroatoms. The Morgan fingerprint density at radius 3 is 1.93 bits per heavy atom. The minimum Gasteiger partial charge on any atom is -0.398 e. The summed E-state index contributed by atoms with van der Waals surface area (Å²) < 4.78 is 0. The number of carbonyl (C=O) groups is 3. The zero-order valence-corrected chi connectivity index (χ0v) is 15.9. The van der Waals surface area contributed by atoms with Gasteiger partial charge < -0.3 is 32.5 Å². The van der Waals surface area contributed by atoms with Crippen LogP contribution in [0.5, 0.6) is 0 Å². The largest absolute Gasteiger partial charge is 0.398 e. The molecule has 3 amide bonds. The summed E-state index contributed by atoms with van der Waals surface area (Å²) in [7, 11) is 0. The highest BCUT2D eigenvalue weighted by molar-refractivity contribution is 6.11. The van der Waals surface area contributed by atoms with Crippen LogP contribution in [-0.2, 0) is 4.79 Å². The Morgan fingerprint density at radius 2 is 1.37 bits per heavy atom. The van der Waals surface area contributed by atoms with Gasteiger partial charge in [0.2, 0.25) is 5.91 Å². The second kappa shape index (κ2) is 8.23. The first kappa shape index (κ1) is 20.2. The van der Waals surface area contributed by atoms with Crippen molar-refractivity contribution < 1.29 is 14.4 Å². The Hall–Kier alpha value is -4.53. The van der Waals surface area contributed by atoms with Gasteiger partial charge in [0, 0.05) is 28.9 Å². The monoisotopic (exact) mass is 404 g/mol. The highest BCUT2D eigenvalue weighted by Crippen LogP contribution is 2.26. The summed E-state index contributed by atoms with van der Waals surface area (Å²) in [5.74, 6) is -1.27. The van der Waals surface area contributed by atoms with Crippen molar-refractivity contribution in [3.05, 3.63) is 72.6 Å². The molecule has 0 radical (unpaired) electrons. The molecule has 0 spiro atoms. The van der Waals surface area contributed by atoms with Crippen LogP contribution in [0.3, 0.4) is 0 Å². The lowest BCUT2D eigenvalue weighted by molar-refractivity contribution is -0.111. The standard InChI is InChI=1S/C12H11N3O2.C9H9N3O/c1-2-10(16)15-9-4-3-8(12(13)17)11-7(9)5-6-14-11;10-7-2-1-6(9(11)13)8-5(7)3-4-12-8/h2-6,14H,1H2,(H2,13,17)(H,15,16);1-4,12H,10H2,(H2,11,13). The first-order valence-electron chi connectivity index (χ1n) is 8.82. The molecule has 9 N–H and O–H groups in total. The van der Waals surface area contributed by atoms with E-state index in [4.69, 9.17) is 17.2 Å². The summed E-state index contributed by atoms with van der Waals surface area (Å²) in [5, 5.41) is 4.22. The number of amides is 3. The van der Waals surface area contributed by atoms with E-state index in [0.29, 0.717) is 33.5 Å². The van der Waals surface area contributed by atoms with Crippen LogP contribution in [0.15, 0.2) is 61.4 Å². The van der Waals surface area contributed by atoms with Gasteiger partial charge in [-0.1, -0.05) is 6.58 Å². The molecule has 2 aromatic heterocycles. The van der Waals surface area contributed by atoms with Gasteiger partial charge in [-0.05, 0) is 42.5 Å². The fourth-order valence-corrected chi connectivity index (χ4v) is 3.04. The van der Waals surface area contributed by atoms with Gasteiger partial charge in [0.15, 0.2) is 0 Å². The molecule has 0 saturated heterocycles. The molecule has 4 aromatic rings. The molecular weight excluding hydrogens is 384 g/mol. The van der Waals surface area contributed by atoms with Crippen molar-refractivity contribution in [3.63, 3.8) is 0 Å². The minimum absolute atomic E-state index is 0.306. The second-order valence-corrected chi connectivity index (χ2v) is 6.32.